The second kappa shape index (κ2) is 6.51. The van der Waals surface area contributed by atoms with Crippen LogP contribution in [0.4, 0.5) is 4.79 Å². The van der Waals surface area contributed by atoms with Gasteiger partial charge in [-0.25, -0.2) is 13.2 Å². The summed E-state index contributed by atoms with van der Waals surface area (Å²) >= 11 is 0. The van der Waals surface area contributed by atoms with Gasteiger partial charge < -0.3 is 9.84 Å². The summed E-state index contributed by atoms with van der Waals surface area (Å²) in [5.74, 6) is -0.914. The molecule has 8 heteroatoms. The first kappa shape index (κ1) is 21.2. The molecule has 1 aliphatic carbocycles. The van der Waals surface area contributed by atoms with E-state index in [0.717, 1.165) is 4.31 Å². The Labute approximate surface area is 160 Å². The van der Waals surface area contributed by atoms with E-state index in [1.165, 1.54) is 24.3 Å². The van der Waals surface area contributed by atoms with Gasteiger partial charge in [0.2, 0.25) is 0 Å². The third-order valence-electron chi connectivity index (χ3n) is 4.27. The number of carbonyl (C=O) groups excluding carboxylic acids is 1. The third-order valence-corrected chi connectivity index (χ3v) is 6.32. The number of amides is 1. The molecule has 1 aromatic carbocycles. The van der Waals surface area contributed by atoms with Crippen molar-refractivity contribution in [3.63, 3.8) is 0 Å². The lowest BCUT2D eigenvalue weighted by Gasteiger charge is -2.35. The summed E-state index contributed by atoms with van der Waals surface area (Å²) in [7, 11) is -4.18. The lowest BCUT2D eigenvalue weighted by Crippen LogP contribution is -2.51. The quantitative estimate of drug-likeness (QED) is 0.834. The summed E-state index contributed by atoms with van der Waals surface area (Å²) in [6.45, 7) is 9.79. The highest BCUT2D eigenvalue weighted by Gasteiger charge is 2.51. The molecule has 7 nitrogen and oxygen atoms in total. The summed E-state index contributed by atoms with van der Waals surface area (Å²) in [6, 6.07) is 5.70. The number of carbonyl (C=O) groups is 2. The number of hydrogen-bond acceptors (Lipinski definition) is 5. The molecule has 0 unspecified atom stereocenters. The van der Waals surface area contributed by atoms with Gasteiger partial charge in [-0.2, -0.15) is 4.31 Å². The average molecular weight is 397 g/mol. The Morgan fingerprint density at radius 3 is 1.85 bits per heavy atom. The first-order valence-electron chi connectivity index (χ1n) is 8.74. The Hall–Kier alpha value is -2.09. The van der Waals surface area contributed by atoms with Gasteiger partial charge in [0, 0.05) is 0 Å². The molecular weight excluding hydrogens is 370 g/mol. The van der Waals surface area contributed by atoms with E-state index in [9.17, 15) is 23.1 Å². The second-order valence-corrected chi connectivity index (χ2v) is 10.6. The molecule has 0 heterocycles. The number of nitrogens with zero attached hydrogens (tertiary/aromatic N) is 1. The summed E-state index contributed by atoms with van der Waals surface area (Å²) in [6.07, 6.45) is 0.101. The summed E-state index contributed by atoms with van der Waals surface area (Å²) in [4.78, 5) is 23.9. The van der Waals surface area contributed by atoms with Crippen LogP contribution in [0.15, 0.2) is 29.2 Å². The van der Waals surface area contributed by atoms with Gasteiger partial charge in [0.05, 0.1) is 15.8 Å². The lowest BCUT2D eigenvalue weighted by molar-refractivity contribution is -0.140. The van der Waals surface area contributed by atoms with Crippen LogP contribution in [0.1, 0.15) is 59.9 Å². The van der Waals surface area contributed by atoms with Crippen LogP contribution in [0.5, 0.6) is 0 Å². The van der Waals surface area contributed by atoms with Crippen molar-refractivity contribution in [1.82, 2.24) is 4.31 Å². The number of carboxylic acids is 1. The van der Waals surface area contributed by atoms with Crippen LogP contribution in [0.2, 0.25) is 0 Å². The minimum absolute atomic E-state index is 0.0896. The number of ether oxygens (including phenoxy) is 1. The highest BCUT2D eigenvalue weighted by Crippen LogP contribution is 2.48. The molecule has 1 N–H and O–H groups in total. The SMILES string of the molecule is CC(C)(C)OC(=O)N(C(C)(C)C)S(=O)(=O)c1ccc(C2(C(=O)O)CC2)cc1. The Morgan fingerprint density at radius 2 is 1.52 bits per heavy atom. The Bertz CT molecular complexity index is 840. The molecule has 0 atom stereocenters. The Kier molecular flexibility index (Phi) is 5.11. The third kappa shape index (κ3) is 4.26. The molecule has 2 rings (SSSR count). The predicted molar refractivity (Wildman–Crippen MR) is 100 cm³/mol. The molecule has 0 radical (unpaired) electrons. The minimum atomic E-state index is -4.18. The number of carboxylic acid groups (broad SMARTS) is 1. The summed E-state index contributed by atoms with van der Waals surface area (Å²) in [5.41, 5.74) is -2.25. The van der Waals surface area contributed by atoms with Crippen molar-refractivity contribution in [3.05, 3.63) is 29.8 Å². The van der Waals surface area contributed by atoms with Gasteiger partial charge in [-0.3, -0.25) is 4.79 Å². The van der Waals surface area contributed by atoms with E-state index in [4.69, 9.17) is 4.74 Å². The van der Waals surface area contributed by atoms with Gasteiger partial charge in [0.25, 0.3) is 10.0 Å². The van der Waals surface area contributed by atoms with E-state index in [-0.39, 0.29) is 4.90 Å². The van der Waals surface area contributed by atoms with Crippen molar-refractivity contribution < 1.29 is 27.9 Å². The number of hydrogen-bond donors (Lipinski definition) is 1. The molecule has 1 fully saturated rings. The highest BCUT2D eigenvalue weighted by molar-refractivity contribution is 7.89. The van der Waals surface area contributed by atoms with Crippen molar-refractivity contribution in [2.75, 3.05) is 0 Å². The van der Waals surface area contributed by atoms with E-state index in [1.54, 1.807) is 41.5 Å². The van der Waals surface area contributed by atoms with Gasteiger partial charge >= 0.3 is 12.1 Å². The minimum Gasteiger partial charge on any atom is -0.481 e. The van der Waals surface area contributed by atoms with Crippen LogP contribution < -0.4 is 0 Å². The molecule has 0 saturated heterocycles. The zero-order chi connectivity index (χ0) is 20.8. The molecule has 27 heavy (non-hydrogen) atoms. The summed E-state index contributed by atoms with van der Waals surface area (Å²) < 4.78 is 32.3. The van der Waals surface area contributed by atoms with Gasteiger partial charge in [-0.1, -0.05) is 12.1 Å². The fourth-order valence-corrected chi connectivity index (χ4v) is 4.48. The number of aliphatic carboxylic acids is 1. The average Bonchev–Trinajstić information content (AvgIpc) is 3.25. The standard InChI is InChI=1S/C19H27NO6S/c1-17(2,3)20(16(23)26-18(4,5)6)27(24,25)14-9-7-13(8-10-14)19(11-12-19)15(21)22/h7-10H,11-12H2,1-6H3,(H,21,22). The molecule has 1 saturated carbocycles. The Balaban J connectivity index is 2.41. The second-order valence-electron chi connectivity index (χ2n) is 8.83. The van der Waals surface area contributed by atoms with Gasteiger partial charge in [-0.05, 0) is 72.1 Å². The van der Waals surface area contributed by atoms with Crippen LogP contribution in [0, 0.1) is 0 Å². The molecule has 1 amide bonds. The number of sulfonamides is 1. The molecule has 0 bridgehead atoms. The summed E-state index contributed by atoms with van der Waals surface area (Å²) in [5, 5.41) is 9.37. The Morgan fingerprint density at radius 1 is 1.04 bits per heavy atom. The van der Waals surface area contributed by atoms with Crippen molar-refractivity contribution >= 4 is 22.1 Å². The first-order chi connectivity index (χ1) is 12.1. The van der Waals surface area contributed by atoms with Crippen LogP contribution in [0.25, 0.3) is 0 Å². The molecule has 0 aromatic heterocycles. The maximum atomic E-state index is 13.1. The van der Waals surface area contributed by atoms with E-state index in [2.05, 4.69) is 0 Å². The first-order valence-corrected chi connectivity index (χ1v) is 10.2. The maximum absolute atomic E-state index is 13.1. The van der Waals surface area contributed by atoms with E-state index in [0.29, 0.717) is 18.4 Å². The fraction of sp³-hybridized carbons (Fsp3) is 0.579. The van der Waals surface area contributed by atoms with Crippen LogP contribution in [0.3, 0.4) is 0 Å². The monoisotopic (exact) mass is 397 g/mol. The molecule has 1 aromatic rings. The van der Waals surface area contributed by atoms with Crippen molar-refractivity contribution in [3.8, 4) is 0 Å². The zero-order valence-electron chi connectivity index (χ0n) is 16.6. The van der Waals surface area contributed by atoms with Crippen molar-refractivity contribution in [2.45, 2.75) is 75.8 Å². The smallest absolute Gasteiger partial charge is 0.424 e. The van der Waals surface area contributed by atoms with Gasteiger partial charge in [0.1, 0.15) is 5.60 Å². The zero-order valence-corrected chi connectivity index (χ0v) is 17.4. The van der Waals surface area contributed by atoms with Gasteiger partial charge in [0.15, 0.2) is 0 Å². The number of rotatable bonds is 4. The molecule has 0 aliphatic heterocycles. The highest BCUT2D eigenvalue weighted by atomic mass is 32.2. The van der Waals surface area contributed by atoms with E-state index >= 15 is 0 Å². The maximum Gasteiger partial charge on any atom is 0.424 e. The van der Waals surface area contributed by atoms with Gasteiger partial charge in [-0.15, -0.1) is 0 Å². The van der Waals surface area contributed by atoms with E-state index in [1.807, 2.05) is 0 Å². The van der Waals surface area contributed by atoms with Crippen LogP contribution in [-0.4, -0.2) is 41.0 Å². The molecule has 1 aliphatic rings. The molecule has 0 spiro atoms. The molecular formula is C19H27NO6S. The van der Waals surface area contributed by atoms with Crippen LogP contribution >= 0.6 is 0 Å². The fourth-order valence-electron chi connectivity index (χ4n) is 2.84. The van der Waals surface area contributed by atoms with Crippen molar-refractivity contribution in [1.29, 1.82) is 0 Å². The normalized spacial score (nSPS) is 16.5. The van der Waals surface area contributed by atoms with Crippen LogP contribution in [-0.2, 0) is 25.0 Å². The number of benzene rings is 1. The van der Waals surface area contributed by atoms with E-state index < -0.39 is 38.6 Å². The lowest BCUT2D eigenvalue weighted by atomic mass is 9.96. The largest absolute Gasteiger partial charge is 0.481 e. The predicted octanol–water partition coefficient (Wildman–Crippen LogP) is 3.53. The van der Waals surface area contributed by atoms with Crippen molar-refractivity contribution in [2.24, 2.45) is 0 Å². The topological polar surface area (TPSA) is 101 Å². The molecule has 150 valence electrons.